The fourth-order valence-electron chi connectivity index (χ4n) is 5.00. The van der Waals surface area contributed by atoms with Gasteiger partial charge in [-0.25, -0.2) is 0 Å². The van der Waals surface area contributed by atoms with E-state index in [0.29, 0.717) is 30.2 Å². The minimum absolute atomic E-state index is 0.175. The number of carbonyl (C=O) groups is 1. The highest BCUT2D eigenvalue weighted by Crippen LogP contribution is 2.44. The van der Waals surface area contributed by atoms with Crippen LogP contribution in [-0.2, 0) is 6.18 Å². The number of H-pyrrole nitrogens is 1. The Morgan fingerprint density at radius 3 is 2.53 bits per heavy atom. The average Bonchev–Trinajstić information content (AvgIpc) is 2.83. The molecule has 5 rings (SSSR count). The quantitative estimate of drug-likeness (QED) is 0.492. The summed E-state index contributed by atoms with van der Waals surface area (Å²) < 4.78 is 47.4. The van der Waals surface area contributed by atoms with Gasteiger partial charge in [0.1, 0.15) is 22.8 Å². The molecule has 0 aliphatic carbocycles. The molecule has 1 aromatic heterocycles. The van der Waals surface area contributed by atoms with Crippen molar-refractivity contribution < 1.29 is 22.7 Å². The van der Waals surface area contributed by atoms with Crippen molar-refractivity contribution in [2.45, 2.75) is 45.3 Å². The maximum absolute atomic E-state index is 13.8. The molecular weight excluding hydrogens is 471 g/mol. The van der Waals surface area contributed by atoms with Gasteiger partial charge in [0.25, 0.3) is 11.5 Å². The number of nitrogens with zero attached hydrogens (tertiary/aromatic N) is 1. The Labute approximate surface area is 206 Å². The Morgan fingerprint density at radius 1 is 1.06 bits per heavy atom. The van der Waals surface area contributed by atoms with Gasteiger partial charge in [-0.1, -0.05) is 24.3 Å². The molecule has 3 aromatic rings. The van der Waals surface area contributed by atoms with Gasteiger partial charge in [-0.2, -0.15) is 13.2 Å². The number of alkyl halides is 3. The SMILES string of the molecule is Cc1ccc2c(c1)Oc1cccc(C)c1C2NC(=O)c1cc(N2CCCCC2)c(C(F)(F)F)[nH]c1=O. The number of aromatic nitrogens is 1. The third-order valence-corrected chi connectivity index (χ3v) is 6.79. The van der Waals surface area contributed by atoms with Crippen LogP contribution in [0.1, 0.15) is 63.6 Å². The number of benzene rings is 2. The highest BCUT2D eigenvalue weighted by molar-refractivity contribution is 5.95. The zero-order valence-electron chi connectivity index (χ0n) is 20.0. The number of rotatable bonds is 3. The maximum atomic E-state index is 13.8. The molecule has 0 saturated carbocycles. The van der Waals surface area contributed by atoms with Crippen LogP contribution >= 0.6 is 0 Å². The number of nitrogens with one attached hydrogen (secondary N) is 2. The van der Waals surface area contributed by atoms with Gasteiger partial charge in [-0.15, -0.1) is 0 Å². The lowest BCUT2D eigenvalue weighted by Gasteiger charge is -2.32. The molecule has 2 N–H and O–H groups in total. The molecule has 0 spiro atoms. The second-order valence-corrected chi connectivity index (χ2v) is 9.35. The van der Waals surface area contributed by atoms with Gasteiger partial charge in [-0.3, -0.25) is 9.59 Å². The van der Waals surface area contributed by atoms with Crippen molar-refractivity contribution in [3.63, 3.8) is 0 Å². The van der Waals surface area contributed by atoms with E-state index in [0.717, 1.165) is 42.0 Å². The Bertz CT molecular complexity index is 1390. The number of anilines is 1. The first kappa shape index (κ1) is 24.0. The highest BCUT2D eigenvalue weighted by Gasteiger charge is 2.38. The monoisotopic (exact) mass is 497 g/mol. The number of aryl methyl sites for hydroxylation is 2. The van der Waals surface area contributed by atoms with E-state index in [9.17, 15) is 22.8 Å². The van der Waals surface area contributed by atoms with E-state index in [4.69, 9.17) is 4.74 Å². The van der Waals surface area contributed by atoms with Crippen LogP contribution in [0.25, 0.3) is 0 Å². The lowest BCUT2D eigenvalue weighted by molar-refractivity contribution is -0.140. The molecule has 2 aromatic carbocycles. The van der Waals surface area contributed by atoms with Gasteiger partial charge in [0.05, 0.1) is 11.7 Å². The standard InChI is InChI=1S/C27H26F3N3O3/c1-15-9-10-17-21(13-15)36-20-8-6-7-16(2)22(20)23(17)31-25(34)18-14-19(33-11-4-3-5-12-33)24(27(28,29)30)32-26(18)35/h6-10,13-14,23H,3-5,11-12H2,1-2H3,(H,31,34)(H,32,35). The molecule has 1 amide bonds. The molecule has 2 aliphatic heterocycles. The van der Waals surface area contributed by atoms with Crippen molar-refractivity contribution in [3.8, 4) is 11.5 Å². The van der Waals surface area contributed by atoms with Crippen molar-refractivity contribution in [3.05, 3.63) is 86.3 Å². The van der Waals surface area contributed by atoms with Gasteiger partial charge in [0, 0.05) is 24.2 Å². The zero-order valence-corrected chi connectivity index (χ0v) is 20.0. The summed E-state index contributed by atoms with van der Waals surface area (Å²) >= 11 is 0. The first-order valence-electron chi connectivity index (χ1n) is 11.9. The highest BCUT2D eigenvalue weighted by atomic mass is 19.4. The fourth-order valence-corrected chi connectivity index (χ4v) is 5.00. The number of hydrogen-bond donors (Lipinski definition) is 2. The number of hydrogen-bond acceptors (Lipinski definition) is 4. The van der Waals surface area contributed by atoms with Crippen LogP contribution in [0.5, 0.6) is 11.5 Å². The lowest BCUT2D eigenvalue weighted by atomic mass is 9.90. The van der Waals surface area contributed by atoms with Crippen molar-refractivity contribution >= 4 is 11.6 Å². The molecule has 0 bridgehead atoms. The number of fused-ring (bicyclic) bond motifs is 2. The van der Waals surface area contributed by atoms with Crippen molar-refractivity contribution in [1.29, 1.82) is 0 Å². The van der Waals surface area contributed by atoms with E-state index in [1.54, 1.807) is 11.0 Å². The minimum Gasteiger partial charge on any atom is -0.457 e. The molecule has 0 radical (unpaired) electrons. The number of carbonyl (C=O) groups excluding carboxylic acids is 1. The van der Waals surface area contributed by atoms with E-state index in [2.05, 4.69) is 5.32 Å². The predicted molar refractivity (Wildman–Crippen MR) is 130 cm³/mol. The first-order chi connectivity index (χ1) is 17.1. The minimum atomic E-state index is -4.76. The van der Waals surface area contributed by atoms with Gasteiger partial charge in [0.15, 0.2) is 0 Å². The van der Waals surface area contributed by atoms with Crippen LogP contribution in [0.3, 0.4) is 0 Å². The second-order valence-electron chi connectivity index (χ2n) is 9.35. The molecular formula is C27H26F3N3O3. The lowest BCUT2D eigenvalue weighted by Crippen LogP contribution is -2.37. The van der Waals surface area contributed by atoms with Gasteiger partial charge < -0.3 is 19.9 Å². The summed E-state index contributed by atoms with van der Waals surface area (Å²) in [5, 5.41) is 2.90. The van der Waals surface area contributed by atoms with Crippen LogP contribution in [0.2, 0.25) is 0 Å². The smallest absolute Gasteiger partial charge is 0.433 e. The normalized spacial score (nSPS) is 17.1. The van der Waals surface area contributed by atoms with E-state index >= 15 is 0 Å². The molecule has 1 saturated heterocycles. The van der Waals surface area contributed by atoms with Crippen LogP contribution in [0.15, 0.2) is 47.3 Å². The number of piperidine rings is 1. The Morgan fingerprint density at radius 2 is 1.81 bits per heavy atom. The number of pyridine rings is 1. The Kier molecular flexibility index (Phi) is 6.02. The summed E-state index contributed by atoms with van der Waals surface area (Å²) in [5.74, 6) is 0.401. The number of aromatic amines is 1. The molecule has 6 nitrogen and oxygen atoms in total. The molecule has 188 valence electrons. The average molecular weight is 498 g/mol. The molecule has 36 heavy (non-hydrogen) atoms. The van der Waals surface area contributed by atoms with Crippen LogP contribution < -0.4 is 20.5 Å². The third kappa shape index (κ3) is 4.34. The fraction of sp³-hybridized carbons (Fsp3) is 0.333. The summed E-state index contributed by atoms with van der Waals surface area (Å²) in [6.07, 6.45) is -2.34. The maximum Gasteiger partial charge on any atom is 0.433 e. The van der Waals surface area contributed by atoms with E-state index < -0.39 is 29.4 Å². The zero-order chi connectivity index (χ0) is 25.6. The van der Waals surface area contributed by atoms with Crippen LogP contribution in [0.4, 0.5) is 18.9 Å². The van der Waals surface area contributed by atoms with Crippen LogP contribution in [0, 0.1) is 13.8 Å². The molecule has 3 heterocycles. The van der Waals surface area contributed by atoms with Gasteiger partial charge in [0.2, 0.25) is 0 Å². The first-order valence-corrected chi connectivity index (χ1v) is 11.9. The summed E-state index contributed by atoms with van der Waals surface area (Å²) in [6, 6.07) is 11.6. The second kappa shape index (κ2) is 9.04. The summed E-state index contributed by atoms with van der Waals surface area (Å²) in [5.41, 5.74) is 0.544. The van der Waals surface area contributed by atoms with Crippen molar-refractivity contribution in [2.75, 3.05) is 18.0 Å². The number of halogens is 3. The molecule has 1 atom stereocenters. The summed E-state index contributed by atoms with van der Waals surface area (Å²) in [4.78, 5) is 29.7. The third-order valence-electron chi connectivity index (χ3n) is 6.79. The van der Waals surface area contributed by atoms with Crippen molar-refractivity contribution in [1.82, 2.24) is 10.3 Å². The summed E-state index contributed by atoms with van der Waals surface area (Å²) in [7, 11) is 0. The summed E-state index contributed by atoms with van der Waals surface area (Å²) in [6.45, 7) is 4.66. The molecule has 2 aliphatic rings. The Balaban J connectivity index is 1.57. The number of ether oxygens (including phenoxy) is 1. The molecule has 1 fully saturated rings. The molecule has 9 heteroatoms. The molecule has 1 unspecified atom stereocenters. The van der Waals surface area contributed by atoms with Crippen LogP contribution in [-0.4, -0.2) is 24.0 Å². The Hall–Kier alpha value is -3.75. The van der Waals surface area contributed by atoms with Crippen molar-refractivity contribution in [2.24, 2.45) is 0 Å². The van der Waals surface area contributed by atoms with E-state index in [1.165, 1.54) is 0 Å². The predicted octanol–water partition coefficient (Wildman–Crippen LogP) is 5.63. The van der Waals surface area contributed by atoms with Gasteiger partial charge in [-0.05, 0) is 62.4 Å². The van der Waals surface area contributed by atoms with E-state index in [-0.39, 0.29) is 11.3 Å². The topological polar surface area (TPSA) is 74.4 Å². The largest absolute Gasteiger partial charge is 0.457 e. The number of amides is 1. The van der Waals surface area contributed by atoms with E-state index in [1.807, 2.05) is 49.2 Å². The van der Waals surface area contributed by atoms with Gasteiger partial charge >= 0.3 is 6.18 Å².